The number of anilines is 1. The maximum absolute atomic E-state index is 11.0. The molecular formula is C15H15ClN2O3. The van der Waals surface area contributed by atoms with Crippen LogP contribution in [0.3, 0.4) is 0 Å². The summed E-state index contributed by atoms with van der Waals surface area (Å²) in [4.78, 5) is 17.6. The van der Waals surface area contributed by atoms with Crippen molar-refractivity contribution in [3.8, 4) is 0 Å². The lowest BCUT2D eigenvalue weighted by Crippen LogP contribution is -2.49. The van der Waals surface area contributed by atoms with Crippen LogP contribution in [0.4, 0.5) is 5.82 Å². The van der Waals surface area contributed by atoms with Crippen LogP contribution in [0.2, 0.25) is 5.02 Å². The normalized spacial score (nSPS) is 17.9. The third-order valence-electron chi connectivity index (χ3n) is 3.97. The Hall–Kier alpha value is -1.85. The Morgan fingerprint density at radius 3 is 2.62 bits per heavy atom. The van der Waals surface area contributed by atoms with E-state index in [1.165, 1.54) is 0 Å². The quantitative estimate of drug-likeness (QED) is 0.890. The molecular weight excluding hydrogens is 292 g/mol. The predicted molar refractivity (Wildman–Crippen MR) is 80.8 cm³/mol. The number of rotatable bonds is 2. The molecule has 3 rings (SSSR count). The molecule has 0 saturated carbocycles. The molecule has 6 heteroatoms. The first-order valence-electron chi connectivity index (χ1n) is 6.76. The van der Waals surface area contributed by atoms with Crippen molar-refractivity contribution >= 4 is 34.3 Å². The van der Waals surface area contributed by atoms with Crippen molar-refractivity contribution in [2.75, 3.05) is 18.0 Å². The Morgan fingerprint density at radius 2 is 1.95 bits per heavy atom. The molecule has 1 aliphatic heterocycles. The summed E-state index contributed by atoms with van der Waals surface area (Å²) in [6.45, 7) is 0.900. The highest BCUT2D eigenvalue weighted by Crippen LogP contribution is 2.28. The van der Waals surface area contributed by atoms with E-state index in [2.05, 4.69) is 4.98 Å². The van der Waals surface area contributed by atoms with Crippen molar-refractivity contribution in [2.45, 2.75) is 18.4 Å². The number of halogens is 1. The van der Waals surface area contributed by atoms with E-state index in [0.29, 0.717) is 18.1 Å². The lowest BCUT2D eigenvalue weighted by molar-refractivity contribution is -0.160. The average Bonchev–Trinajstić information content (AvgIpc) is 2.48. The van der Waals surface area contributed by atoms with Crippen molar-refractivity contribution < 1.29 is 15.0 Å². The number of carboxylic acid groups (broad SMARTS) is 1. The van der Waals surface area contributed by atoms with Crippen LogP contribution in [-0.2, 0) is 4.79 Å². The molecule has 0 radical (unpaired) electrons. The topological polar surface area (TPSA) is 73.7 Å². The molecule has 0 unspecified atom stereocenters. The van der Waals surface area contributed by atoms with Crippen LogP contribution in [-0.4, -0.2) is 39.9 Å². The van der Waals surface area contributed by atoms with Crippen molar-refractivity contribution in [2.24, 2.45) is 0 Å². The highest BCUT2D eigenvalue weighted by molar-refractivity contribution is 6.35. The van der Waals surface area contributed by atoms with Gasteiger partial charge in [0.25, 0.3) is 0 Å². The molecule has 0 spiro atoms. The van der Waals surface area contributed by atoms with Gasteiger partial charge in [0, 0.05) is 31.3 Å². The zero-order valence-electron chi connectivity index (χ0n) is 11.3. The SMILES string of the molecule is O=C(O)C1(O)CCN(c2ccc3cccc(Cl)c3n2)CC1. The van der Waals surface area contributed by atoms with E-state index in [4.69, 9.17) is 16.7 Å². The van der Waals surface area contributed by atoms with E-state index in [-0.39, 0.29) is 12.8 Å². The third kappa shape index (κ3) is 2.54. The van der Waals surface area contributed by atoms with Crippen LogP contribution < -0.4 is 4.90 Å². The smallest absolute Gasteiger partial charge is 0.335 e. The summed E-state index contributed by atoms with van der Waals surface area (Å²) in [6, 6.07) is 9.45. The number of carbonyl (C=O) groups is 1. The molecule has 2 N–H and O–H groups in total. The molecule has 1 aromatic heterocycles. The molecule has 1 aliphatic rings. The Labute approximate surface area is 126 Å². The summed E-state index contributed by atoms with van der Waals surface area (Å²) >= 11 is 6.16. The average molecular weight is 307 g/mol. The van der Waals surface area contributed by atoms with Gasteiger partial charge in [-0.25, -0.2) is 9.78 Å². The van der Waals surface area contributed by atoms with E-state index < -0.39 is 11.6 Å². The number of pyridine rings is 1. The lowest BCUT2D eigenvalue weighted by atomic mass is 9.91. The van der Waals surface area contributed by atoms with E-state index in [1.54, 1.807) is 6.07 Å². The fourth-order valence-electron chi connectivity index (χ4n) is 2.60. The van der Waals surface area contributed by atoms with Gasteiger partial charge in [-0.1, -0.05) is 23.7 Å². The van der Waals surface area contributed by atoms with Crippen LogP contribution in [0, 0.1) is 0 Å². The number of aliphatic hydroxyl groups is 1. The molecule has 0 bridgehead atoms. The maximum Gasteiger partial charge on any atom is 0.335 e. The number of hydrogen-bond donors (Lipinski definition) is 2. The molecule has 0 amide bonds. The molecule has 1 saturated heterocycles. The van der Waals surface area contributed by atoms with E-state index >= 15 is 0 Å². The number of para-hydroxylation sites is 1. The first-order valence-corrected chi connectivity index (χ1v) is 7.13. The van der Waals surface area contributed by atoms with Crippen LogP contribution in [0.15, 0.2) is 30.3 Å². The van der Waals surface area contributed by atoms with Gasteiger partial charge >= 0.3 is 5.97 Å². The number of fused-ring (bicyclic) bond motifs is 1. The monoisotopic (exact) mass is 306 g/mol. The highest BCUT2D eigenvalue weighted by atomic mass is 35.5. The molecule has 1 aromatic carbocycles. The van der Waals surface area contributed by atoms with E-state index in [1.807, 2.05) is 29.2 Å². The van der Waals surface area contributed by atoms with Gasteiger partial charge < -0.3 is 15.1 Å². The van der Waals surface area contributed by atoms with Crippen molar-refractivity contribution in [3.05, 3.63) is 35.4 Å². The summed E-state index contributed by atoms with van der Waals surface area (Å²) in [7, 11) is 0. The number of aliphatic carboxylic acids is 1. The number of aromatic nitrogens is 1. The molecule has 0 atom stereocenters. The first-order chi connectivity index (χ1) is 9.99. The van der Waals surface area contributed by atoms with Crippen molar-refractivity contribution in [3.63, 3.8) is 0 Å². The molecule has 1 fully saturated rings. The largest absolute Gasteiger partial charge is 0.479 e. The minimum atomic E-state index is -1.62. The predicted octanol–water partition coefficient (Wildman–Crippen LogP) is 2.30. The molecule has 2 heterocycles. The molecule has 5 nitrogen and oxygen atoms in total. The summed E-state index contributed by atoms with van der Waals surface area (Å²) in [5.41, 5.74) is -0.888. The number of carboxylic acids is 1. The minimum absolute atomic E-state index is 0.185. The highest BCUT2D eigenvalue weighted by Gasteiger charge is 2.39. The molecule has 110 valence electrons. The lowest BCUT2D eigenvalue weighted by Gasteiger charge is -2.36. The van der Waals surface area contributed by atoms with Gasteiger partial charge in [0.15, 0.2) is 5.60 Å². The van der Waals surface area contributed by atoms with Crippen LogP contribution in [0.1, 0.15) is 12.8 Å². The summed E-state index contributed by atoms with van der Waals surface area (Å²) < 4.78 is 0. The van der Waals surface area contributed by atoms with Gasteiger partial charge in [0.1, 0.15) is 5.82 Å². The van der Waals surface area contributed by atoms with Crippen LogP contribution in [0.25, 0.3) is 10.9 Å². The second-order valence-corrected chi connectivity index (χ2v) is 5.71. The van der Waals surface area contributed by atoms with Gasteiger partial charge in [0.2, 0.25) is 0 Å². The second kappa shape index (κ2) is 5.16. The van der Waals surface area contributed by atoms with Gasteiger partial charge in [-0.3, -0.25) is 0 Å². The van der Waals surface area contributed by atoms with Gasteiger partial charge in [-0.05, 0) is 18.2 Å². The summed E-state index contributed by atoms with van der Waals surface area (Å²) in [5, 5.41) is 20.5. The van der Waals surface area contributed by atoms with E-state index in [9.17, 15) is 9.90 Å². The minimum Gasteiger partial charge on any atom is -0.479 e. The number of benzene rings is 1. The van der Waals surface area contributed by atoms with Gasteiger partial charge in [-0.2, -0.15) is 0 Å². The van der Waals surface area contributed by atoms with Crippen molar-refractivity contribution in [1.29, 1.82) is 0 Å². The van der Waals surface area contributed by atoms with Crippen LogP contribution >= 0.6 is 11.6 Å². The zero-order chi connectivity index (χ0) is 15.0. The first kappa shape index (κ1) is 14.1. The molecule has 21 heavy (non-hydrogen) atoms. The molecule has 0 aliphatic carbocycles. The number of nitrogens with zero attached hydrogens (tertiary/aromatic N) is 2. The Bertz CT molecular complexity index is 696. The number of piperidine rings is 1. The maximum atomic E-state index is 11.0. The fraction of sp³-hybridized carbons (Fsp3) is 0.333. The Kier molecular flexibility index (Phi) is 3.47. The van der Waals surface area contributed by atoms with Gasteiger partial charge in [-0.15, -0.1) is 0 Å². The fourth-order valence-corrected chi connectivity index (χ4v) is 2.82. The number of hydrogen-bond acceptors (Lipinski definition) is 4. The standard InChI is InChI=1S/C15H15ClN2O3/c16-11-3-1-2-10-4-5-12(17-13(10)11)18-8-6-15(21,7-9-18)14(19)20/h1-5,21H,6-9H2,(H,19,20). The summed E-state index contributed by atoms with van der Waals surface area (Å²) in [6.07, 6.45) is 0.370. The van der Waals surface area contributed by atoms with E-state index in [0.717, 1.165) is 16.7 Å². The van der Waals surface area contributed by atoms with Crippen LogP contribution in [0.5, 0.6) is 0 Å². The zero-order valence-corrected chi connectivity index (χ0v) is 12.0. The molecule has 2 aromatic rings. The van der Waals surface area contributed by atoms with Gasteiger partial charge in [0.05, 0.1) is 10.5 Å². The van der Waals surface area contributed by atoms with Crippen molar-refractivity contribution in [1.82, 2.24) is 4.98 Å². The summed E-state index contributed by atoms with van der Waals surface area (Å²) in [5.74, 6) is -0.403. The Balaban J connectivity index is 1.86. The second-order valence-electron chi connectivity index (χ2n) is 5.30. The third-order valence-corrected chi connectivity index (χ3v) is 4.27. The Morgan fingerprint density at radius 1 is 1.24 bits per heavy atom.